The molecule has 6 nitrogen and oxygen atoms in total. The fraction of sp³-hybridized carbons (Fsp3) is 0.455. The normalized spacial score (nSPS) is 24.7. The molecule has 154 valence electrons. The molecular weight excluding hydrogens is 386 g/mol. The maximum Gasteiger partial charge on any atom is 0.257 e. The Morgan fingerprint density at radius 3 is 2.76 bits per heavy atom. The topological polar surface area (TPSA) is 53.1 Å². The SMILES string of the molecule is CN(C)CCN1C[C@H](c2ccccc2)[C@@]2(CN(C(=O)c3ccsc3)CCO2)C1=O. The highest BCUT2D eigenvalue weighted by atomic mass is 32.1. The van der Waals surface area contributed by atoms with Crippen LogP contribution in [-0.2, 0) is 9.53 Å². The lowest BCUT2D eigenvalue weighted by Crippen LogP contribution is -2.59. The van der Waals surface area contributed by atoms with Crippen molar-refractivity contribution in [1.82, 2.24) is 14.7 Å². The number of hydrogen-bond donors (Lipinski definition) is 0. The van der Waals surface area contributed by atoms with Gasteiger partial charge in [-0.3, -0.25) is 9.59 Å². The summed E-state index contributed by atoms with van der Waals surface area (Å²) < 4.78 is 6.24. The van der Waals surface area contributed by atoms with Gasteiger partial charge in [-0.2, -0.15) is 11.3 Å². The second-order valence-electron chi connectivity index (χ2n) is 7.99. The van der Waals surface area contributed by atoms with Crippen molar-refractivity contribution in [2.75, 3.05) is 53.4 Å². The maximum atomic E-state index is 13.6. The Morgan fingerprint density at radius 2 is 2.07 bits per heavy atom. The van der Waals surface area contributed by atoms with Gasteiger partial charge in [0.25, 0.3) is 11.8 Å². The number of carbonyl (C=O) groups is 2. The average Bonchev–Trinajstić information content (AvgIpc) is 3.35. The van der Waals surface area contributed by atoms with Crippen LogP contribution >= 0.6 is 11.3 Å². The highest BCUT2D eigenvalue weighted by Gasteiger charge is 2.58. The van der Waals surface area contributed by atoms with E-state index in [0.29, 0.717) is 38.3 Å². The second-order valence-corrected chi connectivity index (χ2v) is 8.77. The van der Waals surface area contributed by atoms with Crippen molar-refractivity contribution in [2.24, 2.45) is 0 Å². The number of thiophene rings is 1. The first kappa shape index (κ1) is 20.1. The van der Waals surface area contributed by atoms with Gasteiger partial charge < -0.3 is 19.4 Å². The first-order chi connectivity index (χ1) is 14.0. The quantitative estimate of drug-likeness (QED) is 0.754. The molecule has 29 heavy (non-hydrogen) atoms. The van der Waals surface area contributed by atoms with Crippen molar-refractivity contribution in [3.8, 4) is 0 Å². The zero-order chi connectivity index (χ0) is 20.4. The summed E-state index contributed by atoms with van der Waals surface area (Å²) in [6.07, 6.45) is 0. The largest absolute Gasteiger partial charge is 0.361 e. The molecule has 3 heterocycles. The monoisotopic (exact) mass is 413 g/mol. The van der Waals surface area contributed by atoms with Crippen molar-refractivity contribution in [3.05, 3.63) is 58.3 Å². The number of likely N-dealkylation sites (N-methyl/N-ethyl adjacent to an activating group) is 1. The Hall–Kier alpha value is -2.22. The third-order valence-corrected chi connectivity index (χ3v) is 6.52. The van der Waals surface area contributed by atoms with Gasteiger partial charge in [-0.25, -0.2) is 0 Å². The molecule has 2 aromatic rings. The number of hydrogen-bond acceptors (Lipinski definition) is 5. The van der Waals surface area contributed by atoms with Gasteiger partial charge in [0, 0.05) is 37.5 Å². The van der Waals surface area contributed by atoms with E-state index in [1.807, 2.05) is 54.0 Å². The molecule has 2 fully saturated rings. The lowest BCUT2D eigenvalue weighted by molar-refractivity contribution is -0.159. The van der Waals surface area contributed by atoms with Crippen LogP contribution in [0.15, 0.2) is 47.2 Å². The minimum absolute atomic E-state index is 0.00368. The number of ether oxygens (including phenoxy) is 1. The highest BCUT2D eigenvalue weighted by Crippen LogP contribution is 2.42. The highest BCUT2D eigenvalue weighted by molar-refractivity contribution is 7.08. The van der Waals surface area contributed by atoms with Gasteiger partial charge in [-0.15, -0.1) is 0 Å². The summed E-state index contributed by atoms with van der Waals surface area (Å²) in [5, 5.41) is 3.76. The molecule has 0 bridgehead atoms. The number of nitrogens with zero attached hydrogens (tertiary/aromatic N) is 3. The third kappa shape index (κ3) is 3.82. The van der Waals surface area contributed by atoms with Crippen LogP contribution < -0.4 is 0 Å². The molecule has 4 rings (SSSR count). The summed E-state index contributed by atoms with van der Waals surface area (Å²) in [6.45, 7) is 3.21. The van der Waals surface area contributed by atoms with Gasteiger partial charge in [0.1, 0.15) is 0 Å². The van der Waals surface area contributed by atoms with Crippen LogP contribution in [0.1, 0.15) is 21.8 Å². The molecule has 0 unspecified atom stereocenters. The molecule has 1 aromatic carbocycles. The molecule has 1 spiro atoms. The van der Waals surface area contributed by atoms with Crippen molar-refractivity contribution in [2.45, 2.75) is 11.5 Å². The summed E-state index contributed by atoms with van der Waals surface area (Å²) >= 11 is 1.50. The molecule has 0 saturated carbocycles. The number of morpholine rings is 1. The Morgan fingerprint density at radius 1 is 1.28 bits per heavy atom. The summed E-state index contributed by atoms with van der Waals surface area (Å²) in [4.78, 5) is 32.3. The molecule has 2 saturated heterocycles. The smallest absolute Gasteiger partial charge is 0.257 e. The van der Waals surface area contributed by atoms with Gasteiger partial charge in [0.2, 0.25) is 0 Å². The summed E-state index contributed by atoms with van der Waals surface area (Å²) in [7, 11) is 4.01. The Balaban J connectivity index is 1.65. The van der Waals surface area contributed by atoms with Crippen LogP contribution in [-0.4, -0.2) is 85.5 Å². The molecule has 2 amide bonds. The predicted molar refractivity (Wildman–Crippen MR) is 113 cm³/mol. The zero-order valence-electron chi connectivity index (χ0n) is 16.9. The lowest BCUT2D eigenvalue weighted by Gasteiger charge is -2.42. The van der Waals surface area contributed by atoms with Crippen molar-refractivity contribution < 1.29 is 14.3 Å². The number of benzene rings is 1. The van der Waals surface area contributed by atoms with E-state index in [0.717, 1.165) is 12.1 Å². The first-order valence-corrected chi connectivity index (χ1v) is 10.9. The van der Waals surface area contributed by atoms with E-state index in [4.69, 9.17) is 4.74 Å². The van der Waals surface area contributed by atoms with E-state index in [-0.39, 0.29) is 17.7 Å². The van der Waals surface area contributed by atoms with Crippen LogP contribution in [0.5, 0.6) is 0 Å². The molecule has 2 aliphatic heterocycles. The third-order valence-electron chi connectivity index (χ3n) is 5.84. The molecular formula is C22H27N3O3S. The summed E-state index contributed by atoms with van der Waals surface area (Å²) in [5.41, 5.74) is 0.744. The summed E-state index contributed by atoms with van der Waals surface area (Å²) in [5.74, 6) is -0.132. The molecule has 7 heteroatoms. The Labute approximate surface area is 175 Å². The van der Waals surface area contributed by atoms with Crippen LogP contribution in [0.2, 0.25) is 0 Å². The van der Waals surface area contributed by atoms with Gasteiger partial charge in [0.05, 0.1) is 18.7 Å². The van der Waals surface area contributed by atoms with E-state index < -0.39 is 5.60 Å². The molecule has 1 aromatic heterocycles. The number of rotatable bonds is 5. The zero-order valence-corrected chi connectivity index (χ0v) is 17.7. The fourth-order valence-corrected chi connectivity index (χ4v) is 4.90. The predicted octanol–water partition coefficient (Wildman–Crippen LogP) is 2.15. The van der Waals surface area contributed by atoms with Crippen molar-refractivity contribution in [1.29, 1.82) is 0 Å². The summed E-state index contributed by atoms with van der Waals surface area (Å²) in [6, 6.07) is 11.9. The fourth-order valence-electron chi connectivity index (χ4n) is 4.27. The number of carbonyl (C=O) groups excluding carboxylic acids is 2. The molecule has 0 N–H and O–H groups in total. The van der Waals surface area contributed by atoms with Crippen LogP contribution in [0, 0.1) is 0 Å². The van der Waals surface area contributed by atoms with E-state index in [2.05, 4.69) is 17.0 Å². The molecule has 2 atom stereocenters. The van der Waals surface area contributed by atoms with Crippen molar-refractivity contribution in [3.63, 3.8) is 0 Å². The number of amides is 2. The van der Waals surface area contributed by atoms with Crippen molar-refractivity contribution >= 4 is 23.2 Å². The second kappa shape index (κ2) is 8.26. The Bertz CT molecular complexity index is 855. The van der Waals surface area contributed by atoms with E-state index in [1.165, 1.54) is 11.3 Å². The molecule has 0 aliphatic carbocycles. The Kier molecular flexibility index (Phi) is 5.72. The van der Waals surface area contributed by atoms with Gasteiger partial charge >= 0.3 is 0 Å². The number of likely N-dealkylation sites (tertiary alicyclic amines) is 1. The minimum Gasteiger partial charge on any atom is -0.361 e. The average molecular weight is 414 g/mol. The van der Waals surface area contributed by atoms with Gasteiger partial charge in [-0.05, 0) is 31.1 Å². The van der Waals surface area contributed by atoms with Gasteiger partial charge in [0.15, 0.2) is 5.60 Å². The van der Waals surface area contributed by atoms with Gasteiger partial charge in [-0.1, -0.05) is 30.3 Å². The van der Waals surface area contributed by atoms with E-state index in [9.17, 15) is 9.59 Å². The minimum atomic E-state index is -1.02. The maximum absolute atomic E-state index is 13.6. The lowest BCUT2D eigenvalue weighted by atomic mass is 9.83. The molecule has 2 aliphatic rings. The van der Waals surface area contributed by atoms with E-state index >= 15 is 0 Å². The molecule has 0 radical (unpaired) electrons. The van der Waals surface area contributed by atoms with Crippen LogP contribution in [0.4, 0.5) is 0 Å². The standard InChI is InChI=1S/C22H27N3O3S/c1-23(2)9-10-24-14-19(17-6-4-3-5-7-17)22(21(24)27)16-25(11-12-28-22)20(26)18-8-13-29-15-18/h3-8,13,15,19H,9-12,14,16H2,1-2H3/t19-,22+/m1/s1. The van der Waals surface area contributed by atoms with Crippen LogP contribution in [0.25, 0.3) is 0 Å². The van der Waals surface area contributed by atoms with Crippen LogP contribution in [0.3, 0.4) is 0 Å². The van der Waals surface area contributed by atoms with E-state index in [1.54, 1.807) is 4.90 Å². The first-order valence-electron chi connectivity index (χ1n) is 9.96.